The number of aromatic amines is 1. The van der Waals surface area contributed by atoms with Crippen molar-refractivity contribution in [1.29, 1.82) is 0 Å². The van der Waals surface area contributed by atoms with Crippen molar-refractivity contribution in [1.82, 2.24) is 20.9 Å². The summed E-state index contributed by atoms with van der Waals surface area (Å²) < 4.78 is 0. The highest BCUT2D eigenvalue weighted by atomic mass is 16.2. The van der Waals surface area contributed by atoms with Gasteiger partial charge in [0.05, 0.1) is 6.04 Å². The summed E-state index contributed by atoms with van der Waals surface area (Å²) in [4.78, 5) is 52.0. The van der Waals surface area contributed by atoms with Crippen LogP contribution in [0, 0.1) is 18.8 Å². The molecule has 0 bridgehead atoms. The van der Waals surface area contributed by atoms with E-state index >= 15 is 0 Å². The minimum atomic E-state index is -0.750. The Kier molecular flexibility index (Phi) is 5.57. The molecule has 1 aromatic carbocycles. The molecular formula is C22H26N4O4. The first-order valence-corrected chi connectivity index (χ1v) is 10.4. The molecule has 2 heterocycles. The van der Waals surface area contributed by atoms with Crippen molar-refractivity contribution in [3.63, 3.8) is 0 Å². The fourth-order valence-electron chi connectivity index (χ4n) is 4.07. The number of amides is 3. The molecule has 4 rings (SSSR count). The lowest BCUT2D eigenvalue weighted by Gasteiger charge is -2.21. The molecule has 0 radical (unpaired) electrons. The van der Waals surface area contributed by atoms with Gasteiger partial charge in [-0.15, -0.1) is 0 Å². The van der Waals surface area contributed by atoms with E-state index in [1.807, 2.05) is 25.1 Å². The highest BCUT2D eigenvalue weighted by Gasteiger charge is 2.39. The van der Waals surface area contributed by atoms with Crippen LogP contribution in [0.3, 0.4) is 0 Å². The van der Waals surface area contributed by atoms with Crippen LogP contribution in [0.4, 0.5) is 0 Å². The van der Waals surface area contributed by atoms with Crippen LogP contribution in [0.1, 0.15) is 41.7 Å². The van der Waals surface area contributed by atoms with Gasteiger partial charge in [-0.3, -0.25) is 14.4 Å². The van der Waals surface area contributed by atoms with Crippen molar-refractivity contribution in [3.8, 4) is 0 Å². The molecule has 30 heavy (non-hydrogen) atoms. The third kappa shape index (κ3) is 4.22. The first-order chi connectivity index (χ1) is 14.5. The molecule has 1 saturated carbocycles. The molecule has 2 aromatic rings. The molecule has 8 heteroatoms. The first-order valence-electron chi connectivity index (χ1n) is 10.4. The van der Waals surface area contributed by atoms with Crippen LogP contribution in [0.5, 0.6) is 0 Å². The van der Waals surface area contributed by atoms with Crippen molar-refractivity contribution in [3.05, 3.63) is 35.5 Å². The number of carbonyl (C=O) groups is 4. The Morgan fingerprint density at radius 3 is 2.67 bits per heavy atom. The van der Waals surface area contributed by atoms with E-state index in [0.29, 0.717) is 24.9 Å². The lowest BCUT2D eigenvalue weighted by molar-refractivity contribution is -0.127. The van der Waals surface area contributed by atoms with Gasteiger partial charge in [0.25, 0.3) is 5.91 Å². The summed E-state index contributed by atoms with van der Waals surface area (Å²) >= 11 is 0. The first kappa shape index (κ1) is 20.1. The van der Waals surface area contributed by atoms with Gasteiger partial charge in [-0.05, 0) is 56.2 Å². The number of aryl methyl sites for hydroxylation is 1. The molecule has 158 valence electrons. The molecule has 3 amide bonds. The molecule has 2 fully saturated rings. The molecule has 0 unspecified atom stereocenters. The predicted octanol–water partition coefficient (Wildman–Crippen LogP) is 1.19. The second-order valence-electron chi connectivity index (χ2n) is 8.27. The second kappa shape index (κ2) is 8.30. The SMILES string of the molecule is Cc1cccc2[nH]c(C(=O)N[C@H](C(=O)N[C@H](C=O)C[C@@H]3CCNC3=O)C3CC3)cc12. The van der Waals surface area contributed by atoms with Gasteiger partial charge in [0.1, 0.15) is 18.0 Å². The van der Waals surface area contributed by atoms with E-state index in [1.165, 1.54) is 0 Å². The number of aldehydes is 1. The van der Waals surface area contributed by atoms with Crippen LogP contribution in [0.25, 0.3) is 10.9 Å². The van der Waals surface area contributed by atoms with Gasteiger partial charge in [0, 0.05) is 23.4 Å². The van der Waals surface area contributed by atoms with Gasteiger partial charge in [-0.1, -0.05) is 12.1 Å². The maximum Gasteiger partial charge on any atom is 0.268 e. The summed E-state index contributed by atoms with van der Waals surface area (Å²) in [5.74, 6) is -1.03. The fourth-order valence-corrected chi connectivity index (χ4v) is 4.07. The zero-order chi connectivity index (χ0) is 21.3. The molecule has 2 aliphatic rings. The van der Waals surface area contributed by atoms with E-state index in [0.717, 1.165) is 29.3 Å². The minimum Gasteiger partial charge on any atom is -0.356 e. The van der Waals surface area contributed by atoms with Crippen LogP contribution in [-0.4, -0.2) is 47.6 Å². The number of fused-ring (bicyclic) bond motifs is 1. The predicted molar refractivity (Wildman–Crippen MR) is 111 cm³/mol. The lowest BCUT2D eigenvalue weighted by atomic mass is 9.98. The second-order valence-corrected chi connectivity index (χ2v) is 8.27. The normalized spacial score (nSPS) is 20.4. The van der Waals surface area contributed by atoms with Crippen LogP contribution in [0.15, 0.2) is 24.3 Å². The Morgan fingerprint density at radius 1 is 1.23 bits per heavy atom. The van der Waals surface area contributed by atoms with Gasteiger partial charge in [-0.2, -0.15) is 0 Å². The molecule has 1 saturated heterocycles. The van der Waals surface area contributed by atoms with Gasteiger partial charge >= 0.3 is 0 Å². The van der Waals surface area contributed by atoms with Crippen molar-refractivity contribution in [2.45, 2.75) is 44.7 Å². The number of hydrogen-bond acceptors (Lipinski definition) is 4. The largest absolute Gasteiger partial charge is 0.356 e. The molecule has 1 aromatic heterocycles. The standard InChI is InChI=1S/C22H26N4O4/c1-12-3-2-4-17-16(12)10-18(25-17)21(29)26-19(13-5-6-13)22(30)24-15(11-27)9-14-7-8-23-20(14)28/h2-4,10-11,13-15,19,25H,5-9H2,1H3,(H,23,28)(H,24,30)(H,26,29)/t14-,15-,19-/m0/s1. The minimum absolute atomic E-state index is 0.0575. The van der Waals surface area contributed by atoms with E-state index in [9.17, 15) is 19.2 Å². The van der Waals surface area contributed by atoms with E-state index in [-0.39, 0.29) is 36.0 Å². The van der Waals surface area contributed by atoms with Crippen LogP contribution in [0.2, 0.25) is 0 Å². The zero-order valence-corrected chi connectivity index (χ0v) is 16.9. The highest BCUT2D eigenvalue weighted by Crippen LogP contribution is 2.33. The maximum absolute atomic E-state index is 12.8. The van der Waals surface area contributed by atoms with Gasteiger partial charge in [-0.25, -0.2) is 0 Å². The third-order valence-corrected chi connectivity index (χ3v) is 5.98. The van der Waals surface area contributed by atoms with Gasteiger partial charge < -0.3 is 25.7 Å². The van der Waals surface area contributed by atoms with Gasteiger partial charge in [0.2, 0.25) is 11.8 Å². The molecular weight excluding hydrogens is 384 g/mol. The number of H-pyrrole nitrogens is 1. The smallest absolute Gasteiger partial charge is 0.268 e. The van der Waals surface area contributed by atoms with Crippen LogP contribution in [-0.2, 0) is 14.4 Å². The average molecular weight is 410 g/mol. The summed E-state index contributed by atoms with van der Waals surface area (Å²) in [5.41, 5.74) is 2.32. The van der Waals surface area contributed by atoms with E-state index < -0.39 is 12.1 Å². The summed E-state index contributed by atoms with van der Waals surface area (Å²) in [5, 5.41) is 9.24. The van der Waals surface area contributed by atoms with Crippen molar-refractivity contribution < 1.29 is 19.2 Å². The van der Waals surface area contributed by atoms with E-state index in [4.69, 9.17) is 0 Å². The number of aromatic nitrogens is 1. The average Bonchev–Trinajstić information content (AvgIpc) is 3.34. The third-order valence-electron chi connectivity index (χ3n) is 5.98. The Balaban J connectivity index is 1.43. The van der Waals surface area contributed by atoms with Crippen molar-refractivity contribution in [2.24, 2.45) is 11.8 Å². The van der Waals surface area contributed by atoms with Crippen molar-refractivity contribution >= 4 is 34.9 Å². The van der Waals surface area contributed by atoms with E-state index in [2.05, 4.69) is 20.9 Å². The molecule has 8 nitrogen and oxygen atoms in total. The van der Waals surface area contributed by atoms with E-state index in [1.54, 1.807) is 6.07 Å². The molecule has 4 N–H and O–H groups in total. The Hall–Kier alpha value is -3.16. The lowest BCUT2D eigenvalue weighted by Crippen LogP contribution is -2.51. The fraction of sp³-hybridized carbons (Fsp3) is 0.455. The Morgan fingerprint density at radius 2 is 2.03 bits per heavy atom. The highest BCUT2D eigenvalue weighted by molar-refractivity contribution is 6.01. The zero-order valence-electron chi connectivity index (χ0n) is 16.9. The maximum atomic E-state index is 12.8. The topological polar surface area (TPSA) is 120 Å². The molecule has 3 atom stereocenters. The molecule has 0 spiro atoms. The number of benzene rings is 1. The summed E-state index contributed by atoms with van der Waals surface area (Å²) in [6.07, 6.45) is 3.28. The van der Waals surface area contributed by atoms with Crippen LogP contribution < -0.4 is 16.0 Å². The molecule has 1 aliphatic heterocycles. The summed E-state index contributed by atoms with van der Waals surface area (Å²) in [6.45, 7) is 2.57. The Labute approximate surface area is 174 Å². The monoisotopic (exact) mass is 410 g/mol. The van der Waals surface area contributed by atoms with Gasteiger partial charge in [0.15, 0.2) is 0 Å². The number of rotatable bonds is 8. The summed E-state index contributed by atoms with van der Waals surface area (Å²) in [7, 11) is 0. The van der Waals surface area contributed by atoms with Crippen molar-refractivity contribution in [2.75, 3.05) is 6.54 Å². The number of nitrogens with one attached hydrogen (secondary N) is 4. The quantitative estimate of drug-likeness (QED) is 0.489. The van der Waals surface area contributed by atoms with Crippen LogP contribution >= 0.6 is 0 Å². The number of hydrogen-bond donors (Lipinski definition) is 4. The molecule has 1 aliphatic carbocycles. The Bertz CT molecular complexity index is 994. The summed E-state index contributed by atoms with van der Waals surface area (Å²) in [6, 6.07) is 6.13. The number of carbonyl (C=O) groups excluding carboxylic acids is 4.